The molecular weight excluding hydrogens is 124 g/mol. The van der Waals surface area contributed by atoms with Crippen LogP contribution in [0.5, 0.6) is 0 Å². The molecule has 0 bridgehead atoms. The monoisotopic (exact) mass is 134 g/mol. The molecule has 0 heterocycles. The molecule has 1 aromatic rings. The van der Waals surface area contributed by atoms with Gasteiger partial charge >= 0.3 is 0 Å². The number of hydrogen-bond acceptors (Lipinski definition) is 2. The predicted molar refractivity (Wildman–Crippen MR) is 43.0 cm³/mol. The van der Waals surface area contributed by atoms with Gasteiger partial charge in [0, 0.05) is 12.4 Å². The topological polar surface area (TPSA) is 52.0 Å². The van der Waals surface area contributed by atoms with E-state index in [2.05, 4.69) is 0 Å². The second kappa shape index (κ2) is 2.92. The van der Waals surface area contributed by atoms with Crippen LogP contribution in [0.2, 0.25) is 0 Å². The lowest BCUT2D eigenvalue weighted by atomic mass is 10.2. The van der Waals surface area contributed by atoms with Gasteiger partial charge in [0.05, 0.1) is 0 Å². The van der Waals surface area contributed by atoms with Crippen LogP contribution in [-0.2, 0) is 0 Å². The van der Waals surface area contributed by atoms with Crippen LogP contribution >= 0.6 is 0 Å². The maximum atomic E-state index is 5.33. The quantitative estimate of drug-likeness (QED) is 0.482. The minimum absolute atomic E-state index is 0.963. The van der Waals surface area contributed by atoms with E-state index in [1.165, 1.54) is 0 Å². The van der Waals surface area contributed by atoms with Crippen LogP contribution in [0.25, 0.3) is 12.4 Å². The van der Waals surface area contributed by atoms with E-state index < -0.39 is 0 Å². The zero-order valence-corrected chi connectivity index (χ0v) is 5.62. The summed E-state index contributed by atoms with van der Waals surface area (Å²) >= 11 is 0. The van der Waals surface area contributed by atoms with Crippen molar-refractivity contribution in [2.75, 3.05) is 0 Å². The second-order valence-electron chi connectivity index (χ2n) is 1.96. The SMILES string of the molecule is N/C=c1/cccc/c1=C/N. The van der Waals surface area contributed by atoms with E-state index >= 15 is 0 Å². The first kappa shape index (κ1) is 6.68. The summed E-state index contributed by atoms with van der Waals surface area (Å²) in [7, 11) is 0. The molecule has 0 aliphatic heterocycles. The maximum absolute atomic E-state index is 5.33. The largest absolute Gasteiger partial charge is 0.404 e. The fourth-order valence-electron chi connectivity index (χ4n) is 0.814. The van der Waals surface area contributed by atoms with E-state index in [-0.39, 0.29) is 0 Å². The molecule has 0 amide bonds. The van der Waals surface area contributed by atoms with Crippen LogP contribution in [0.3, 0.4) is 0 Å². The molecule has 0 spiro atoms. The highest BCUT2D eigenvalue weighted by Gasteiger charge is 1.77. The van der Waals surface area contributed by atoms with Crippen LogP contribution in [0.1, 0.15) is 0 Å². The zero-order valence-electron chi connectivity index (χ0n) is 5.62. The molecule has 10 heavy (non-hydrogen) atoms. The van der Waals surface area contributed by atoms with Gasteiger partial charge in [-0.1, -0.05) is 24.3 Å². The standard InChI is InChI=1S/C8H10N2/c9-5-7-3-1-2-4-8(7)6-10/h1-6H,9-10H2/b7-5-,8-6-. The Kier molecular flexibility index (Phi) is 1.95. The van der Waals surface area contributed by atoms with Crippen molar-refractivity contribution in [3.63, 3.8) is 0 Å². The molecule has 2 heteroatoms. The van der Waals surface area contributed by atoms with Gasteiger partial charge in [-0.2, -0.15) is 0 Å². The first-order valence-corrected chi connectivity index (χ1v) is 3.07. The van der Waals surface area contributed by atoms with Crippen LogP contribution in [0.15, 0.2) is 24.3 Å². The fraction of sp³-hybridized carbons (Fsp3) is 0. The Morgan fingerprint density at radius 1 is 0.900 bits per heavy atom. The minimum atomic E-state index is 0.963. The van der Waals surface area contributed by atoms with Crippen molar-refractivity contribution in [1.82, 2.24) is 0 Å². The van der Waals surface area contributed by atoms with Crippen molar-refractivity contribution in [2.24, 2.45) is 11.5 Å². The van der Waals surface area contributed by atoms with Crippen LogP contribution in [-0.4, -0.2) is 0 Å². The van der Waals surface area contributed by atoms with Crippen molar-refractivity contribution in [2.45, 2.75) is 0 Å². The van der Waals surface area contributed by atoms with Gasteiger partial charge in [-0.05, 0) is 10.4 Å². The third kappa shape index (κ3) is 1.10. The number of hydrogen-bond donors (Lipinski definition) is 2. The second-order valence-corrected chi connectivity index (χ2v) is 1.96. The Bertz CT molecular complexity index is 281. The van der Waals surface area contributed by atoms with Crippen molar-refractivity contribution >= 4 is 12.4 Å². The molecule has 0 saturated carbocycles. The molecule has 0 fully saturated rings. The average Bonchev–Trinajstić information content (AvgIpc) is 2.04. The van der Waals surface area contributed by atoms with Crippen LogP contribution in [0.4, 0.5) is 0 Å². The van der Waals surface area contributed by atoms with Crippen molar-refractivity contribution in [3.8, 4) is 0 Å². The summed E-state index contributed by atoms with van der Waals surface area (Å²) in [4.78, 5) is 0. The summed E-state index contributed by atoms with van der Waals surface area (Å²) in [5.41, 5.74) is 10.7. The van der Waals surface area contributed by atoms with Gasteiger partial charge < -0.3 is 11.5 Å². The number of benzene rings is 1. The normalized spacial score (nSPS) is 14.0. The van der Waals surface area contributed by atoms with Gasteiger partial charge in [0.15, 0.2) is 0 Å². The Labute approximate surface area is 59.5 Å². The molecule has 2 nitrogen and oxygen atoms in total. The molecule has 1 rings (SSSR count). The molecule has 0 unspecified atom stereocenters. The summed E-state index contributed by atoms with van der Waals surface area (Å²) < 4.78 is 0. The smallest absolute Gasteiger partial charge is 0.00181 e. The van der Waals surface area contributed by atoms with E-state index in [0.717, 1.165) is 10.4 Å². The maximum Gasteiger partial charge on any atom is 0.00181 e. The zero-order chi connectivity index (χ0) is 7.40. The Morgan fingerprint density at radius 2 is 1.30 bits per heavy atom. The molecule has 4 N–H and O–H groups in total. The summed E-state index contributed by atoms with van der Waals surface area (Å²) in [6, 6.07) is 7.68. The minimum Gasteiger partial charge on any atom is -0.404 e. The highest BCUT2D eigenvalue weighted by atomic mass is 14.5. The first-order valence-electron chi connectivity index (χ1n) is 3.07. The van der Waals surface area contributed by atoms with Gasteiger partial charge in [-0.25, -0.2) is 0 Å². The molecule has 1 aromatic carbocycles. The summed E-state index contributed by atoms with van der Waals surface area (Å²) in [5.74, 6) is 0. The van der Waals surface area contributed by atoms with Gasteiger partial charge in [0.1, 0.15) is 0 Å². The number of rotatable bonds is 0. The van der Waals surface area contributed by atoms with E-state index in [1.807, 2.05) is 24.3 Å². The van der Waals surface area contributed by atoms with Crippen molar-refractivity contribution < 1.29 is 0 Å². The van der Waals surface area contributed by atoms with E-state index in [4.69, 9.17) is 11.5 Å². The van der Waals surface area contributed by atoms with E-state index in [1.54, 1.807) is 12.4 Å². The third-order valence-electron chi connectivity index (χ3n) is 1.36. The summed E-state index contributed by atoms with van der Waals surface area (Å²) in [6.45, 7) is 0. The summed E-state index contributed by atoms with van der Waals surface area (Å²) in [5, 5.41) is 1.93. The lowest BCUT2D eigenvalue weighted by Gasteiger charge is -1.85. The predicted octanol–water partition coefficient (Wildman–Crippen LogP) is -0.920. The molecule has 52 valence electrons. The molecule has 0 saturated heterocycles. The van der Waals surface area contributed by atoms with Crippen LogP contribution in [0, 0.1) is 0 Å². The molecule has 0 aliphatic carbocycles. The lowest BCUT2D eigenvalue weighted by Crippen LogP contribution is -2.26. The van der Waals surface area contributed by atoms with Crippen LogP contribution < -0.4 is 21.9 Å². The highest BCUT2D eigenvalue weighted by Crippen LogP contribution is 1.68. The molecule has 0 aromatic heterocycles. The third-order valence-corrected chi connectivity index (χ3v) is 1.36. The molecule has 0 aliphatic rings. The van der Waals surface area contributed by atoms with Gasteiger partial charge in [-0.3, -0.25) is 0 Å². The average molecular weight is 134 g/mol. The van der Waals surface area contributed by atoms with Crippen molar-refractivity contribution in [1.29, 1.82) is 0 Å². The van der Waals surface area contributed by atoms with Gasteiger partial charge in [-0.15, -0.1) is 0 Å². The molecule has 0 radical (unpaired) electrons. The Hall–Kier alpha value is -1.44. The first-order chi connectivity index (χ1) is 4.88. The lowest BCUT2D eigenvalue weighted by molar-refractivity contribution is 1.47. The molecule has 0 atom stereocenters. The van der Waals surface area contributed by atoms with Crippen molar-refractivity contribution in [3.05, 3.63) is 34.7 Å². The Morgan fingerprint density at radius 3 is 1.60 bits per heavy atom. The molecular formula is C8H10N2. The van der Waals surface area contributed by atoms with Gasteiger partial charge in [0.2, 0.25) is 0 Å². The number of nitrogens with two attached hydrogens (primary N) is 2. The summed E-state index contributed by atoms with van der Waals surface area (Å²) in [6.07, 6.45) is 3.08. The Balaban J connectivity index is 3.53. The fourth-order valence-corrected chi connectivity index (χ4v) is 0.814. The van der Waals surface area contributed by atoms with Gasteiger partial charge in [0.25, 0.3) is 0 Å². The highest BCUT2D eigenvalue weighted by molar-refractivity contribution is 5.27. The van der Waals surface area contributed by atoms with E-state index in [9.17, 15) is 0 Å². The van der Waals surface area contributed by atoms with E-state index in [0.29, 0.717) is 0 Å².